The van der Waals surface area contributed by atoms with Gasteiger partial charge in [-0.25, -0.2) is 9.78 Å². The summed E-state index contributed by atoms with van der Waals surface area (Å²) in [6, 6.07) is 0.227. The van der Waals surface area contributed by atoms with Gasteiger partial charge in [-0.05, 0) is 24.8 Å². The highest BCUT2D eigenvalue weighted by Gasteiger charge is 2.15. The monoisotopic (exact) mass is 165 g/mol. The van der Waals surface area contributed by atoms with E-state index in [9.17, 15) is 4.79 Å². The van der Waals surface area contributed by atoms with Crippen molar-refractivity contribution in [2.24, 2.45) is 5.73 Å². The number of H-pyrrole nitrogens is 1. The number of aromatic nitrogens is 2. The molecule has 0 aliphatic heterocycles. The van der Waals surface area contributed by atoms with Crippen molar-refractivity contribution >= 4 is 0 Å². The predicted molar refractivity (Wildman–Crippen MR) is 44.9 cm³/mol. The average Bonchev–Trinajstić information content (AvgIpc) is 2.05. The van der Waals surface area contributed by atoms with Crippen molar-refractivity contribution in [2.75, 3.05) is 0 Å². The number of nitrogens with two attached hydrogens (primary N) is 1. The summed E-state index contributed by atoms with van der Waals surface area (Å²) in [5.41, 5.74) is 7.61. The van der Waals surface area contributed by atoms with Gasteiger partial charge >= 0.3 is 5.69 Å². The van der Waals surface area contributed by atoms with Crippen LogP contribution in [0.2, 0.25) is 0 Å². The summed E-state index contributed by atoms with van der Waals surface area (Å²) in [6.07, 6.45) is 4.29. The maximum absolute atomic E-state index is 10.8. The van der Waals surface area contributed by atoms with Crippen molar-refractivity contribution in [3.63, 3.8) is 0 Å². The van der Waals surface area contributed by atoms with Crippen LogP contribution in [0.1, 0.15) is 17.7 Å². The van der Waals surface area contributed by atoms with E-state index >= 15 is 0 Å². The second kappa shape index (κ2) is 2.71. The number of hydrogen-bond acceptors (Lipinski definition) is 3. The molecule has 0 radical (unpaired) electrons. The van der Waals surface area contributed by atoms with Gasteiger partial charge in [0.15, 0.2) is 0 Å². The third kappa shape index (κ3) is 1.25. The van der Waals surface area contributed by atoms with E-state index in [1.54, 1.807) is 6.20 Å². The molecule has 3 N–H and O–H groups in total. The summed E-state index contributed by atoms with van der Waals surface area (Å²) >= 11 is 0. The van der Waals surface area contributed by atoms with E-state index in [2.05, 4.69) is 9.97 Å². The lowest BCUT2D eigenvalue weighted by Gasteiger charge is -2.19. The Morgan fingerprint density at radius 1 is 1.67 bits per heavy atom. The summed E-state index contributed by atoms with van der Waals surface area (Å²) in [5.74, 6) is 0. The molecule has 1 aliphatic carbocycles. The smallest absolute Gasteiger partial charge is 0.327 e. The van der Waals surface area contributed by atoms with Crippen LogP contribution in [-0.4, -0.2) is 16.0 Å². The quantitative estimate of drug-likeness (QED) is 0.548. The van der Waals surface area contributed by atoms with Crippen molar-refractivity contribution < 1.29 is 0 Å². The first-order valence-electron chi connectivity index (χ1n) is 4.08. The SMILES string of the molecule is NC1CCc2[nH]c(=O)ncc2C1. The number of hydrogen-bond donors (Lipinski definition) is 2. The second-order valence-corrected chi connectivity index (χ2v) is 3.20. The van der Waals surface area contributed by atoms with Crippen molar-refractivity contribution in [1.29, 1.82) is 0 Å². The lowest BCUT2D eigenvalue weighted by Crippen LogP contribution is -2.30. The molecule has 0 saturated carbocycles. The molecule has 1 atom stereocenters. The molecule has 0 aromatic carbocycles. The highest BCUT2D eigenvalue weighted by Crippen LogP contribution is 2.15. The molecule has 12 heavy (non-hydrogen) atoms. The Morgan fingerprint density at radius 2 is 2.50 bits per heavy atom. The summed E-state index contributed by atoms with van der Waals surface area (Å²) in [4.78, 5) is 17.2. The first-order chi connectivity index (χ1) is 5.75. The van der Waals surface area contributed by atoms with Crippen molar-refractivity contribution in [3.8, 4) is 0 Å². The minimum atomic E-state index is -0.260. The van der Waals surface area contributed by atoms with Crippen molar-refractivity contribution in [3.05, 3.63) is 27.9 Å². The fourth-order valence-corrected chi connectivity index (χ4v) is 1.57. The van der Waals surface area contributed by atoms with Crippen LogP contribution < -0.4 is 11.4 Å². The second-order valence-electron chi connectivity index (χ2n) is 3.20. The number of rotatable bonds is 0. The standard InChI is InChI=1S/C8H11N3O/c9-6-1-2-7-5(3-6)4-10-8(12)11-7/h4,6H,1-3,9H2,(H,10,11,12). The maximum atomic E-state index is 10.8. The minimum absolute atomic E-state index is 0.227. The molecule has 0 bridgehead atoms. The van der Waals surface area contributed by atoms with Crippen molar-refractivity contribution in [2.45, 2.75) is 25.3 Å². The molecule has 1 unspecified atom stereocenters. The van der Waals surface area contributed by atoms with E-state index in [4.69, 9.17) is 5.73 Å². The molecule has 0 saturated heterocycles. The predicted octanol–water partition coefficient (Wildman–Crippen LogP) is -0.414. The summed E-state index contributed by atoms with van der Waals surface area (Å²) in [6.45, 7) is 0. The molecule has 4 heteroatoms. The lowest BCUT2D eigenvalue weighted by molar-refractivity contribution is 0.561. The Morgan fingerprint density at radius 3 is 3.33 bits per heavy atom. The summed E-state index contributed by atoms with van der Waals surface area (Å²) < 4.78 is 0. The molecular weight excluding hydrogens is 154 g/mol. The number of aromatic amines is 1. The molecule has 2 rings (SSSR count). The van der Waals surface area contributed by atoms with Crippen molar-refractivity contribution in [1.82, 2.24) is 9.97 Å². The van der Waals surface area contributed by atoms with Gasteiger partial charge in [0.05, 0.1) is 0 Å². The molecule has 1 aromatic heterocycles. The van der Waals surface area contributed by atoms with E-state index in [-0.39, 0.29) is 11.7 Å². The van der Waals surface area contributed by atoms with Gasteiger partial charge in [0.2, 0.25) is 0 Å². The molecular formula is C8H11N3O. The Labute approximate surface area is 69.8 Å². The molecule has 1 heterocycles. The largest absolute Gasteiger partial charge is 0.345 e. The van der Waals surface area contributed by atoms with Gasteiger partial charge in [-0.3, -0.25) is 0 Å². The fourth-order valence-electron chi connectivity index (χ4n) is 1.57. The van der Waals surface area contributed by atoms with Crippen LogP contribution in [-0.2, 0) is 12.8 Å². The van der Waals surface area contributed by atoms with E-state index in [1.165, 1.54) is 0 Å². The zero-order valence-electron chi connectivity index (χ0n) is 6.71. The third-order valence-corrected chi connectivity index (χ3v) is 2.23. The van der Waals surface area contributed by atoms with E-state index < -0.39 is 0 Å². The lowest BCUT2D eigenvalue weighted by atomic mass is 9.94. The first-order valence-corrected chi connectivity index (χ1v) is 4.08. The fraction of sp³-hybridized carbons (Fsp3) is 0.500. The first kappa shape index (κ1) is 7.49. The van der Waals surface area contributed by atoms with Gasteiger partial charge in [-0.1, -0.05) is 0 Å². The Hall–Kier alpha value is -1.16. The molecule has 0 amide bonds. The van der Waals surface area contributed by atoms with E-state index in [1.807, 2.05) is 0 Å². The van der Waals surface area contributed by atoms with E-state index in [0.29, 0.717) is 0 Å². The zero-order valence-corrected chi connectivity index (χ0v) is 6.71. The number of aryl methyl sites for hydroxylation is 1. The molecule has 1 aliphatic rings. The van der Waals surface area contributed by atoms with Gasteiger partial charge in [0, 0.05) is 17.9 Å². The van der Waals surface area contributed by atoms with Crippen LogP contribution in [0, 0.1) is 0 Å². The van der Waals surface area contributed by atoms with Gasteiger partial charge in [-0.15, -0.1) is 0 Å². The van der Waals surface area contributed by atoms with Gasteiger partial charge in [-0.2, -0.15) is 0 Å². The minimum Gasteiger partial charge on any atom is -0.327 e. The van der Waals surface area contributed by atoms with Crippen LogP contribution in [0.25, 0.3) is 0 Å². The van der Waals surface area contributed by atoms with E-state index in [0.717, 1.165) is 30.5 Å². The summed E-state index contributed by atoms with van der Waals surface area (Å²) in [7, 11) is 0. The van der Waals surface area contributed by atoms with Crippen LogP contribution in [0.4, 0.5) is 0 Å². The topological polar surface area (TPSA) is 71.8 Å². The van der Waals surface area contributed by atoms with Gasteiger partial charge in [0.25, 0.3) is 0 Å². The van der Waals surface area contributed by atoms with Gasteiger partial charge in [0.1, 0.15) is 0 Å². The average molecular weight is 165 g/mol. The van der Waals surface area contributed by atoms with Crippen LogP contribution >= 0.6 is 0 Å². The number of nitrogens with zero attached hydrogens (tertiary/aromatic N) is 1. The number of nitrogens with one attached hydrogen (secondary N) is 1. The zero-order chi connectivity index (χ0) is 8.55. The van der Waals surface area contributed by atoms with Crippen LogP contribution in [0.15, 0.2) is 11.0 Å². The van der Waals surface area contributed by atoms with Gasteiger partial charge < -0.3 is 10.7 Å². The Balaban J connectivity index is 2.43. The molecule has 0 fully saturated rings. The van der Waals surface area contributed by atoms with Crippen LogP contribution in [0.3, 0.4) is 0 Å². The molecule has 0 spiro atoms. The molecule has 64 valence electrons. The normalized spacial score (nSPS) is 21.9. The Bertz CT molecular complexity index is 344. The third-order valence-electron chi connectivity index (χ3n) is 2.23. The molecule has 1 aromatic rings. The highest BCUT2D eigenvalue weighted by molar-refractivity contribution is 5.20. The number of fused-ring (bicyclic) bond motifs is 1. The van der Waals surface area contributed by atoms with Crippen LogP contribution in [0.5, 0.6) is 0 Å². The Kier molecular flexibility index (Phi) is 1.69. The molecule has 4 nitrogen and oxygen atoms in total. The maximum Gasteiger partial charge on any atom is 0.345 e. The highest BCUT2D eigenvalue weighted by atomic mass is 16.1. The summed E-state index contributed by atoms with van der Waals surface area (Å²) in [5, 5.41) is 0.